The second-order valence-corrected chi connectivity index (χ2v) is 8.98. The molecule has 2 atom stereocenters. The highest BCUT2D eigenvalue weighted by Gasteiger charge is 2.39. The number of phosphoric ester groups is 1. The topological polar surface area (TPSA) is 76.0 Å². The Morgan fingerprint density at radius 1 is 1.15 bits per heavy atom. The Labute approximate surface area is 160 Å². The molecule has 0 spiro atoms. The lowest BCUT2D eigenvalue weighted by atomic mass is 9.62. The van der Waals surface area contributed by atoms with E-state index in [1.165, 1.54) is 50.5 Å². The number of ether oxygens (including phenoxy) is 1. The molecule has 146 valence electrons. The predicted octanol–water partition coefficient (Wildman–Crippen LogP) is 5.21. The molecule has 1 aromatic carbocycles. The molecule has 3 aliphatic carbocycles. The molecule has 27 heavy (non-hydrogen) atoms. The molecular formula is C21H27O5P. The molecule has 0 aliphatic heterocycles. The van der Waals surface area contributed by atoms with E-state index in [-0.39, 0.29) is 5.75 Å². The monoisotopic (exact) mass is 390 g/mol. The normalized spacial score (nSPS) is 27.1. The molecule has 1 fully saturated rings. The zero-order chi connectivity index (χ0) is 19.0. The van der Waals surface area contributed by atoms with Gasteiger partial charge >= 0.3 is 7.82 Å². The molecule has 1 saturated carbocycles. The molecule has 0 radical (unpaired) electrons. The largest absolute Gasteiger partial charge is 0.524 e. The van der Waals surface area contributed by atoms with Crippen LogP contribution in [0.5, 0.6) is 5.75 Å². The van der Waals surface area contributed by atoms with Gasteiger partial charge in [0.25, 0.3) is 0 Å². The molecule has 3 aliphatic rings. The SMILES string of the molecule is CO/C(=C1\C2CCCC1C1=C(CCCC1)C2)c1cccc(OP(=O)(O)O)c1. The first-order valence-electron chi connectivity index (χ1n) is 9.80. The van der Waals surface area contributed by atoms with Gasteiger partial charge < -0.3 is 9.26 Å². The number of phosphoric acid groups is 1. The quantitative estimate of drug-likeness (QED) is 0.419. The molecular weight excluding hydrogens is 363 g/mol. The van der Waals surface area contributed by atoms with Gasteiger partial charge in [0.1, 0.15) is 11.5 Å². The highest BCUT2D eigenvalue weighted by molar-refractivity contribution is 7.46. The number of hydrogen-bond donors (Lipinski definition) is 2. The van der Waals surface area contributed by atoms with Crippen molar-refractivity contribution in [3.8, 4) is 5.75 Å². The van der Waals surface area contributed by atoms with Crippen LogP contribution in [0, 0.1) is 11.8 Å². The van der Waals surface area contributed by atoms with E-state index in [0.29, 0.717) is 11.8 Å². The van der Waals surface area contributed by atoms with Gasteiger partial charge in [-0.15, -0.1) is 0 Å². The van der Waals surface area contributed by atoms with Crippen molar-refractivity contribution in [3.05, 3.63) is 46.5 Å². The summed E-state index contributed by atoms with van der Waals surface area (Å²) in [5, 5.41) is 0. The Kier molecular flexibility index (Phi) is 5.19. The van der Waals surface area contributed by atoms with Gasteiger partial charge in [-0.2, -0.15) is 0 Å². The highest BCUT2D eigenvalue weighted by Crippen LogP contribution is 2.53. The fourth-order valence-corrected chi connectivity index (χ4v) is 5.65. The van der Waals surface area contributed by atoms with Crippen molar-refractivity contribution >= 4 is 13.6 Å². The Bertz CT molecular complexity index is 835. The number of allylic oxidation sites excluding steroid dienone is 3. The third-order valence-corrected chi connectivity index (χ3v) is 6.64. The van der Waals surface area contributed by atoms with Gasteiger partial charge in [0.05, 0.1) is 7.11 Å². The van der Waals surface area contributed by atoms with Crippen molar-refractivity contribution in [1.29, 1.82) is 0 Å². The minimum Gasteiger partial charge on any atom is -0.496 e. The standard InChI is InChI=1S/C21H27O5P/c1-25-21(16-8-4-9-17(13-16)26-27(22,23)24)20-15-7-5-11-19(20)18-10-3-2-6-14(18)12-15/h4,8-9,13,15,19H,2-3,5-7,10-12H2,1H3,(H2,22,23,24)/b21-20+. The van der Waals surface area contributed by atoms with Crippen LogP contribution in [-0.2, 0) is 9.30 Å². The zero-order valence-corrected chi connectivity index (χ0v) is 16.6. The lowest BCUT2D eigenvalue weighted by Gasteiger charge is -2.43. The fourth-order valence-electron chi connectivity index (χ4n) is 5.26. The third kappa shape index (κ3) is 3.87. The van der Waals surface area contributed by atoms with Crippen LogP contribution in [0.3, 0.4) is 0 Å². The van der Waals surface area contributed by atoms with Crippen molar-refractivity contribution in [2.45, 2.75) is 51.4 Å². The van der Waals surface area contributed by atoms with Gasteiger partial charge in [0.2, 0.25) is 0 Å². The van der Waals surface area contributed by atoms with Crippen LogP contribution in [0.2, 0.25) is 0 Å². The molecule has 0 saturated heterocycles. The van der Waals surface area contributed by atoms with E-state index in [1.54, 1.807) is 36.5 Å². The van der Waals surface area contributed by atoms with Crippen LogP contribution in [0.25, 0.3) is 5.76 Å². The van der Waals surface area contributed by atoms with E-state index in [9.17, 15) is 4.57 Å². The van der Waals surface area contributed by atoms with Crippen LogP contribution in [0.1, 0.15) is 56.9 Å². The van der Waals surface area contributed by atoms with Gasteiger partial charge in [-0.05, 0) is 68.6 Å². The second-order valence-electron chi connectivity index (χ2n) is 7.82. The van der Waals surface area contributed by atoms with Crippen LogP contribution >= 0.6 is 7.82 Å². The van der Waals surface area contributed by atoms with E-state index in [0.717, 1.165) is 17.7 Å². The fraction of sp³-hybridized carbons (Fsp3) is 0.524. The van der Waals surface area contributed by atoms with Crippen LogP contribution in [0.4, 0.5) is 0 Å². The Morgan fingerprint density at radius 3 is 2.74 bits per heavy atom. The first-order chi connectivity index (χ1) is 13.0. The van der Waals surface area contributed by atoms with Gasteiger partial charge in [-0.1, -0.05) is 29.7 Å². The average molecular weight is 390 g/mol. The van der Waals surface area contributed by atoms with Crippen molar-refractivity contribution in [3.63, 3.8) is 0 Å². The third-order valence-electron chi connectivity index (χ3n) is 6.19. The van der Waals surface area contributed by atoms with E-state index in [4.69, 9.17) is 19.0 Å². The van der Waals surface area contributed by atoms with Gasteiger partial charge in [-0.3, -0.25) is 9.79 Å². The minimum absolute atomic E-state index is 0.162. The molecule has 2 N–H and O–H groups in total. The van der Waals surface area contributed by atoms with Crippen LogP contribution in [0.15, 0.2) is 41.0 Å². The summed E-state index contributed by atoms with van der Waals surface area (Å²) >= 11 is 0. The molecule has 2 bridgehead atoms. The number of benzene rings is 1. The maximum Gasteiger partial charge on any atom is 0.524 e. The zero-order valence-electron chi connectivity index (χ0n) is 15.7. The molecule has 6 heteroatoms. The number of fused-ring (bicyclic) bond motifs is 3. The molecule has 0 heterocycles. The highest BCUT2D eigenvalue weighted by atomic mass is 31.2. The second kappa shape index (κ2) is 7.46. The number of hydrogen-bond acceptors (Lipinski definition) is 3. The van der Waals surface area contributed by atoms with Crippen LogP contribution in [-0.4, -0.2) is 16.9 Å². The van der Waals surface area contributed by atoms with E-state index in [2.05, 4.69) is 0 Å². The summed E-state index contributed by atoms with van der Waals surface area (Å²) in [5.74, 6) is 2.00. The Balaban J connectivity index is 1.77. The summed E-state index contributed by atoms with van der Waals surface area (Å²) in [7, 11) is -2.89. The summed E-state index contributed by atoms with van der Waals surface area (Å²) in [5.41, 5.74) is 5.55. The summed E-state index contributed by atoms with van der Waals surface area (Å²) < 4.78 is 21.9. The smallest absolute Gasteiger partial charge is 0.496 e. The van der Waals surface area contributed by atoms with Crippen molar-refractivity contribution in [1.82, 2.24) is 0 Å². The molecule has 4 rings (SSSR count). The Morgan fingerprint density at radius 2 is 1.96 bits per heavy atom. The molecule has 2 unspecified atom stereocenters. The lowest BCUT2D eigenvalue weighted by molar-refractivity contribution is 0.283. The average Bonchev–Trinajstić information content (AvgIpc) is 2.61. The molecule has 0 amide bonds. The first-order valence-corrected chi connectivity index (χ1v) is 11.3. The summed E-state index contributed by atoms with van der Waals surface area (Å²) in [6.45, 7) is 0. The summed E-state index contributed by atoms with van der Waals surface area (Å²) in [6, 6.07) is 6.91. The maximum absolute atomic E-state index is 11.2. The van der Waals surface area contributed by atoms with Crippen molar-refractivity contribution in [2.75, 3.05) is 7.11 Å². The van der Waals surface area contributed by atoms with Crippen molar-refractivity contribution in [2.24, 2.45) is 11.8 Å². The van der Waals surface area contributed by atoms with E-state index >= 15 is 0 Å². The summed E-state index contributed by atoms with van der Waals surface area (Å²) in [4.78, 5) is 18.2. The van der Waals surface area contributed by atoms with Crippen LogP contribution < -0.4 is 4.52 Å². The Hall–Kier alpha value is -1.55. The number of rotatable bonds is 4. The van der Waals surface area contributed by atoms with Gasteiger partial charge in [-0.25, -0.2) is 4.57 Å². The van der Waals surface area contributed by atoms with Gasteiger partial charge in [0.15, 0.2) is 0 Å². The van der Waals surface area contributed by atoms with Gasteiger partial charge in [0, 0.05) is 11.5 Å². The van der Waals surface area contributed by atoms with Crippen molar-refractivity contribution < 1.29 is 23.6 Å². The van der Waals surface area contributed by atoms with E-state index in [1.807, 2.05) is 6.07 Å². The molecule has 5 nitrogen and oxygen atoms in total. The molecule has 1 aromatic rings. The number of methoxy groups -OCH3 is 1. The maximum atomic E-state index is 11.2. The van der Waals surface area contributed by atoms with E-state index < -0.39 is 7.82 Å². The first kappa shape index (κ1) is 18.8. The lowest BCUT2D eigenvalue weighted by Crippen LogP contribution is -2.30. The minimum atomic E-state index is -4.58. The molecule has 0 aromatic heterocycles. The summed E-state index contributed by atoms with van der Waals surface area (Å²) in [6.07, 6.45) is 9.82. The predicted molar refractivity (Wildman–Crippen MR) is 104 cm³/mol.